The molecule has 0 fully saturated rings. The molecule has 0 atom stereocenters. The van der Waals surface area contributed by atoms with E-state index in [9.17, 15) is 4.79 Å². The summed E-state index contributed by atoms with van der Waals surface area (Å²) in [6.07, 6.45) is 3.34. The average molecular weight is 428 g/mol. The SMILES string of the molecule is CCn1c(SCC(=O)NCCCc2nc3ccccc3s2)nnc1-c1ccco1. The fourth-order valence-electron chi connectivity index (χ4n) is 2.94. The summed E-state index contributed by atoms with van der Waals surface area (Å²) in [5, 5.41) is 13.2. The Hall–Kier alpha value is -2.65. The van der Waals surface area contributed by atoms with Gasteiger partial charge in [-0.25, -0.2) is 4.98 Å². The van der Waals surface area contributed by atoms with Crippen molar-refractivity contribution in [3.63, 3.8) is 0 Å². The molecule has 0 aliphatic rings. The number of nitrogens with zero attached hydrogens (tertiary/aromatic N) is 4. The average Bonchev–Trinajstić information content (AvgIpc) is 3.47. The van der Waals surface area contributed by atoms with E-state index in [1.165, 1.54) is 16.5 Å². The number of aromatic nitrogens is 4. The normalized spacial score (nSPS) is 11.2. The first-order valence-electron chi connectivity index (χ1n) is 9.45. The molecule has 0 aliphatic carbocycles. The van der Waals surface area contributed by atoms with Crippen molar-refractivity contribution in [2.24, 2.45) is 0 Å². The van der Waals surface area contributed by atoms with Gasteiger partial charge in [-0.2, -0.15) is 0 Å². The van der Waals surface area contributed by atoms with Crippen LogP contribution in [0.15, 0.2) is 52.2 Å². The van der Waals surface area contributed by atoms with E-state index in [1.54, 1.807) is 17.6 Å². The van der Waals surface area contributed by atoms with E-state index >= 15 is 0 Å². The summed E-state index contributed by atoms with van der Waals surface area (Å²) < 4.78 is 8.56. The van der Waals surface area contributed by atoms with Gasteiger partial charge in [0.25, 0.3) is 0 Å². The molecule has 4 aromatic rings. The van der Waals surface area contributed by atoms with Gasteiger partial charge < -0.3 is 9.73 Å². The topological polar surface area (TPSA) is 85.8 Å². The number of hydrogen-bond donors (Lipinski definition) is 1. The van der Waals surface area contributed by atoms with E-state index in [2.05, 4.69) is 26.6 Å². The number of thioether (sulfide) groups is 1. The Kier molecular flexibility index (Phi) is 6.26. The van der Waals surface area contributed by atoms with Crippen molar-refractivity contribution in [2.45, 2.75) is 31.5 Å². The number of thiazole rings is 1. The highest BCUT2D eigenvalue weighted by molar-refractivity contribution is 7.99. The molecule has 0 saturated heterocycles. The largest absolute Gasteiger partial charge is 0.461 e. The molecule has 0 bridgehead atoms. The molecule has 0 unspecified atom stereocenters. The Bertz CT molecular complexity index is 1050. The Balaban J connectivity index is 1.23. The van der Waals surface area contributed by atoms with Gasteiger partial charge in [0, 0.05) is 19.5 Å². The molecule has 1 aromatic carbocycles. The monoisotopic (exact) mass is 427 g/mol. The summed E-state index contributed by atoms with van der Waals surface area (Å²) in [4.78, 5) is 16.8. The van der Waals surface area contributed by atoms with Crippen molar-refractivity contribution >= 4 is 39.2 Å². The van der Waals surface area contributed by atoms with Crippen LogP contribution in [0, 0.1) is 0 Å². The Labute approximate surface area is 176 Å². The van der Waals surface area contributed by atoms with Crippen LogP contribution >= 0.6 is 23.1 Å². The number of nitrogens with one attached hydrogen (secondary N) is 1. The van der Waals surface area contributed by atoms with Gasteiger partial charge in [0.05, 0.1) is 27.2 Å². The highest BCUT2D eigenvalue weighted by atomic mass is 32.2. The van der Waals surface area contributed by atoms with Gasteiger partial charge in [0.15, 0.2) is 16.7 Å². The fourth-order valence-corrected chi connectivity index (χ4v) is 4.79. The number of hydrogen-bond acceptors (Lipinski definition) is 7. The standard InChI is InChI=1S/C20H21N5O2S2/c1-2-25-19(15-8-6-12-27-15)23-24-20(25)28-13-17(26)21-11-5-10-18-22-14-7-3-4-9-16(14)29-18/h3-4,6-9,12H,2,5,10-11,13H2,1H3,(H,21,26). The fraction of sp³-hybridized carbons (Fsp3) is 0.300. The van der Waals surface area contributed by atoms with Crippen LogP contribution in [0.25, 0.3) is 21.8 Å². The molecule has 4 rings (SSSR count). The molecule has 7 nitrogen and oxygen atoms in total. The zero-order valence-corrected chi connectivity index (χ0v) is 17.6. The van der Waals surface area contributed by atoms with Crippen LogP contribution in [0.5, 0.6) is 0 Å². The lowest BCUT2D eigenvalue weighted by atomic mass is 10.3. The minimum Gasteiger partial charge on any atom is -0.461 e. The smallest absolute Gasteiger partial charge is 0.230 e. The second kappa shape index (κ2) is 9.23. The van der Waals surface area contributed by atoms with Crippen LogP contribution in [0.1, 0.15) is 18.4 Å². The number of para-hydroxylation sites is 1. The second-order valence-corrected chi connectivity index (χ2v) is 8.40. The molecular weight excluding hydrogens is 406 g/mol. The van der Waals surface area contributed by atoms with Gasteiger partial charge in [0.1, 0.15) is 0 Å². The number of furan rings is 1. The highest BCUT2D eigenvalue weighted by Crippen LogP contribution is 2.24. The lowest BCUT2D eigenvalue weighted by Gasteiger charge is -2.06. The van der Waals surface area contributed by atoms with Gasteiger partial charge >= 0.3 is 0 Å². The van der Waals surface area contributed by atoms with E-state index in [0.717, 1.165) is 23.4 Å². The summed E-state index contributed by atoms with van der Waals surface area (Å²) >= 11 is 3.10. The van der Waals surface area contributed by atoms with Crippen LogP contribution in [0.2, 0.25) is 0 Å². The number of aryl methyl sites for hydroxylation is 1. The maximum Gasteiger partial charge on any atom is 0.230 e. The molecule has 0 aliphatic heterocycles. The van der Waals surface area contributed by atoms with Crippen molar-refractivity contribution in [3.8, 4) is 11.6 Å². The first-order valence-corrected chi connectivity index (χ1v) is 11.3. The Morgan fingerprint density at radius 2 is 2.14 bits per heavy atom. The summed E-state index contributed by atoms with van der Waals surface area (Å²) in [7, 11) is 0. The van der Waals surface area contributed by atoms with Gasteiger partial charge in [-0.3, -0.25) is 9.36 Å². The zero-order valence-electron chi connectivity index (χ0n) is 16.0. The van der Waals surface area contributed by atoms with Crippen molar-refractivity contribution in [1.29, 1.82) is 0 Å². The van der Waals surface area contributed by atoms with Crippen molar-refractivity contribution in [3.05, 3.63) is 47.7 Å². The van der Waals surface area contributed by atoms with Crippen molar-refractivity contribution in [2.75, 3.05) is 12.3 Å². The summed E-state index contributed by atoms with van der Waals surface area (Å²) in [6.45, 7) is 3.35. The summed E-state index contributed by atoms with van der Waals surface area (Å²) in [5.74, 6) is 1.64. The van der Waals surface area contributed by atoms with E-state index < -0.39 is 0 Å². The molecule has 29 heavy (non-hydrogen) atoms. The maximum absolute atomic E-state index is 12.2. The van der Waals surface area contributed by atoms with Crippen LogP contribution in [-0.2, 0) is 17.8 Å². The third-order valence-electron chi connectivity index (χ3n) is 4.33. The number of carbonyl (C=O) groups is 1. The van der Waals surface area contributed by atoms with Gasteiger partial charge in [-0.15, -0.1) is 21.5 Å². The van der Waals surface area contributed by atoms with Crippen molar-refractivity contribution in [1.82, 2.24) is 25.1 Å². The molecule has 1 amide bonds. The summed E-state index contributed by atoms with van der Waals surface area (Å²) in [6, 6.07) is 11.8. The molecule has 0 saturated carbocycles. The number of benzene rings is 1. The Morgan fingerprint density at radius 3 is 2.93 bits per heavy atom. The van der Waals surface area contributed by atoms with Gasteiger partial charge in [-0.05, 0) is 37.6 Å². The predicted molar refractivity (Wildman–Crippen MR) is 115 cm³/mol. The molecule has 0 spiro atoms. The quantitative estimate of drug-likeness (QED) is 0.321. The van der Waals surface area contributed by atoms with E-state index in [-0.39, 0.29) is 5.91 Å². The first kappa shape index (κ1) is 19.7. The van der Waals surface area contributed by atoms with Crippen LogP contribution in [0.4, 0.5) is 0 Å². The third-order valence-corrected chi connectivity index (χ3v) is 6.40. The number of fused-ring (bicyclic) bond motifs is 1. The molecular formula is C20H21N5O2S2. The maximum atomic E-state index is 12.2. The van der Waals surface area contributed by atoms with E-state index in [0.29, 0.717) is 35.6 Å². The summed E-state index contributed by atoms with van der Waals surface area (Å²) in [5.41, 5.74) is 1.04. The minimum atomic E-state index is -0.00972. The first-order chi connectivity index (χ1) is 14.2. The number of carbonyl (C=O) groups excluding carboxylic acids is 1. The molecule has 9 heteroatoms. The predicted octanol–water partition coefficient (Wildman–Crippen LogP) is 4.01. The molecule has 150 valence electrons. The molecule has 1 N–H and O–H groups in total. The Morgan fingerprint density at radius 1 is 1.24 bits per heavy atom. The lowest BCUT2D eigenvalue weighted by Crippen LogP contribution is -2.26. The van der Waals surface area contributed by atoms with Gasteiger partial charge in [0.2, 0.25) is 5.91 Å². The number of rotatable bonds is 9. The van der Waals surface area contributed by atoms with Crippen LogP contribution in [-0.4, -0.2) is 38.0 Å². The lowest BCUT2D eigenvalue weighted by molar-refractivity contribution is -0.118. The highest BCUT2D eigenvalue weighted by Gasteiger charge is 2.16. The second-order valence-electron chi connectivity index (χ2n) is 6.35. The number of amides is 1. The third kappa shape index (κ3) is 4.68. The molecule has 3 aromatic heterocycles. The van der Waals surface area contributed by atoms with Gasteiger partial charge in [-0.1, -0.05) is 23.9 Å². The van der Waals surface area contributed by atoms with E-state index in [4.69, 9.17) is 4.42 Å². The van der Waals surface area contributed by atoms with Crippen LogP contribution < -0.4 is 5.32 Å². The molecule has 0 radical (unpaired) electrons. The zero-order chi connectivity index (χ0) is 20.1. The van der Waals surface area contributed by atoms with Crippen LogP contribution in [0.3, 0.4) is 0 Å². The van der Waals surface area contributed by atoms with E-state index in [1.807, 2.05) is 41.8 Å². The minimum absolute atomic E-state index is 0.00972. The van der Waals surface area contributed by atoms with Crippen molar-refractivity contribution < 1.29 is 9.21 Å². The molecule has 3 heterocycles.